The number of carbonyl (C=O) groups is 1. The van der Waals surface area contributed by atoms with Gasteiger partial charge in [0.25, 0.3) is 0 Å². The Morgan fingerprint density at radius 3 is 2.56 bits per heavy atom. The first kappa shape index (κ1) is 13.5. The molecule has 0 bridgehead atoms. The number of rotatable bonds is 4. The minimum absolute atomic E-state index is 0.183. The third kappa shape index (κ3) is 3.48. The molecule has 2 N–H and O–H groups in total. The van der Waals surface area contributed by atoms with Crippen molar-refractivity contribution < 1.29 is 4.79 Å². The van der Waals surface area contributed by atoms with Gasteiger partial charge in [-0.05, 0) is 31.2 Å². The van der Waals surface area contributed by atoms with Crippen molar-refractivity contribution in [1.29, 1.82) is 0 Å². The van der Waals surface area contributed by atoms with Gasteiger partial charge in [0.1, 0.15) is 0 Å². The van der Waals surface area contributed by atoms with Crippen molar-refractivity contribution in [3.63, 3.8) is 0 Å². The Balaban J connectivity index is 2.56. The third-order valence-corrected chi connectivity index (χ3v) is 3.54. The summed E-state index contributed by atoms with van der Waals surface area (Å²) in [5.74, 6) is 1.44. The van der Waals surface area contributed by atoms with Gasteiger partial charge in [0, 0.05) is 19.5 Å². The van der Waals surface area contributed by atoms with Crippen molar-refractivity contribution >= 4 is 5.91 Å². The number of amides is 1. The van der Waals surface area contributed by atoms with Crippen LogP contribution < -0.4 is 5.73 Å². The highest BCUT2D eigenvalue weighted by Gasteiger charge is 2.31. The Morgan fingerprint density at radius 2 is 2.00 bits per heavy atom. The van der Waals surface area contributed by atoms with Gasteiger partial charge in [-0.2, -0.15) is 0 Å². The third-order valence-electron chi connectivity index (χ3n) is 3.54. The Morgan fingerprint density at radius 1 is 1.38 bits per heavy atom. The van der Waals surface area contributed by atoms with Gasteiger partial charge in [0.15, 0.2) is 0 Å². The van der Waals surface area contributed by atoms with E-state index in [9.17, 15) is 4.79 Å². The molecule has 3 heteroatoms. The van der Waals surface area contributed by atoms with E-state index in [2.05, 4.69) is 13.8 Å². The minimum atomic E-state index is 0.183. The van der Waals surface area contributed by atoms with Crippen molar-refractivity contribution in [3.8, 4) is 0 Å². The average molecular weight is 226 g/mol. The summed E-state index contributed by atoms with van der Waals surface area (Å²) in [4.78, 5) is 14.2. The molecule has 0 spiro atoms. The summed E-state index contributed by atoms with van der Waals surface area (Å²) in [7, 11) is 1.92. The number of hydrogen-bond acceptors (Lipinski definition) is 2. The van der Waals surface area contributed by atoms with Gasteiger partial charge in [-0.3, -0.25) is 4.79 Å². The highest BCUT2D eigenvalue weighted by atomic mass is 16.2. The molecule has 16 heavy (non-hydrogen) atoms. The van der Waals surface area contributed by atoms with Gasteiger partial charge in [-0.1, -0.05) is 26.7 Å². The maximum atomic E-state index is 12.3. The maximum absolute atomic E-state index is 12.3. The second-order valence-corrected chi connectivity index (χ2v) is 5.50. The van der Waals surface area contributed by atoms with Gasteiger partial charge in [-0.25, -0.2) is 0 Å². The van der Waals surface area contributed by atoms with Crippen molar-refractivity contribution in [2.24, 2.45) is 23.5 Å². The largest absolute Gasteiger partial charge is 0.345 e. The molecule has 0 radical (unpaired) electrons. The fourth-order valence-electron chi connectivity index (χ4n) is 2.74. The van der Waals surface area contributed by atoms with Crippen molar-refractivity contribution in [3.05, 3.63) is 0 Å². The molecule has 94 valence electrons. The van der Waals surface area contributed by atoms with Crippen LogP contribution in [0.2, 0.25) is 0 Å². The van der Waals surface area contributed by atoms with Crippen LogP contribution in [0.15, 0.2) is 0 Å². The van der Waals surface area contributed by atoms with Gasteiger partial charge < -0.3 is 10.6 Å². The van der Waals surface area contributed by atoms with E-state index in [-0.39, 0.29) is 5.92 Å². The van der Waals surface area contributed by atoms with Crippen LogP contribution in [-0.2, 0) is 4.79 Å². The predicted molar refractivity (Wildman–Crippen MR) is 67.0 cm³/mol. The predicted octanol–water partition coefficient (Wildman–Crippen LogP) is 1.87. The lowest BCUT2D eigenvalue weighted by Crippen LogP contribution is -2.41. The lowest BCUT2D eigenvalue weighted by Gasteiger charge is -2.33. The molecule has 1 rings (SSSR count). The normalized spacial score (nSPS) is 25.8. The zero-order valence-electron chi connectivity index (χ0n) is 10.9. The first-order valence-corrected chi connectivity index (χ1v) is 6.51. The van der Waals surface area contributed by atoms with Crippen LogP contribution in [0, 0.1) is 17.8 Å². The molecule has 0 aromatic heterocycles. The molecule has 0 saturated heterocycles. The molecule has 0 aromatic carbocycles. The summed E-state index contributed by atoms with van der Waals surface area (Å²) in [6.45, 7) is 5.80. The van der Waals surface area contributed by atoms with Crippen LogP contribution in [0.3, 0.4) is 0 Å². The van der Waals surface area contributed by atoms with Crippen molar-refractivity contribution in [2.45, 2.75) is 39.5 Å². The topological polar surface area (TPSA) is 46.3 Å². The molecule has 0 aromatic rings. The molecule has 0 aliphatic heterocycles. The Kier molecular flexibility index (Phi) is 5.26. The van der Waals surface area contributed by atoms with Gasteiger partial charge >= 0.3 is 0 Å². The van der Waals surface area contributed by atoms with E-state index < -0.39 is 0 Å². The second-order valence-electron chi connectivity index (χ2n) is 5.50. The van der Waals surface area contributed by atoms with Crippen LogP contribution in [0.1, 0.15) is 39.5 Å². The summed E-state index contributed by atoms with van der Waals surface area (Å²) in [5, 5.41) is 0. The first-order chi connectivity index (χ1) is 7.56. The molecular formula is C13H26N2O. The highest BCUT2D eigenvalue weighted by molar-refractivity contribution is 5.79. The molecule has 2 unspecified atom stereocenters. The Bertz CT molecular complexity index is 228. The highest BCUT2D eigenvalue weighted by Crippen LogP contribution is 2.30. The van der Waals surface area contributed by atoms with Crippen molar-refractivity contribution in [2.75, 3.05) is 20.1 Å². The summed E-state index contributed by atoms with van der Waals surface area (Å²) < 4.78 is 0. The SMILES string of the molecule is CC(C)CN(C)C(=O)C1CCCCC1CN. The summed E-state index contributed by atoms with van der Waals surface area (Å²) >= 11 is 0. The molecule has 1 amide bonds. The maximum Gasteiger partial charge on any atom is 0.225 e. The summed E-state index contributed by atoms with van der Waals surface area (Å²) in [5.41, 5.74) is 5.76. The quantitative estimate of drug-likeness (QED) is 0.795. The summed E-state index contributed by atoms with van der Waals surface area (Å²) in [6, 6.07) is 0. The molecule has 1 aliphatic rings. The smallest absolute Gasteiger partial charge is 0.225 e. The van der Waals surface area contributed by atoms with E-state index in [0.29, 0.717) is 24.3 Å². The lowest BCUT2D eigenvalue weighted by atomic mass is 9.78. The van der Waals surface area contributed by atoms with Crippen LogP contribution in [0.25, 0.3) is 0 Å². The standard InChI is InChI=1S/C13H26N2O/c1-10(2)9-15(3)13(16)12-7-5-4-6-11(12)8-14/h10-12H,4-9,14H2,1-3H3. The molecule has 0 heterocycles. The van der Waals surface area contributed by atoms with E-state index in [0.717, 1.165) is 19.4 Å². The Hall–Kier alpha value is -0.570. The van der Waals surface area contributed by atoms with Gasteiger partial charge in [0.2, 0.25) is 5.91 Å². The fourth-order valence-corrected chi connectivity index (χ4v) is 2.74. The molecule has 3 nitrogen and oxygen atoms in total. The monoisotopic (exact) mass is 226 g/mol. The van der Waals surface area contributed by atoms with Crippen LogP contribution in [-0.4, -0.2) is 30.9 Å². The number of hydrogen-bond donors (Lipinski definition) is 1. The molecular weight excluding hydrogens is 200 g/mol. The first-order valence-electron chi connectivity index (χ1n) is 6.51. The van der Waals surface area contributed by atoms with E-state index in [1.165, 1.54) is 12.8 Å². The fraction of sp³-hybridized carbons (Fsp3) is 0.923. The van der Waals surface area contributed by atoms with E-state index in [1.54, 1.807) is 0 Å². The number of nitrogens with zero attached hydrogens (tertiary/aromatic N) is 1. The number of carbonyl (C=O) groups excluding carboxylic acids is 1. The van der Waals surface area contributed by atoms with Gasteiger partial charge in [0.05, 0.1) is 0 Å². The van der Waals surface area contributed by atoms with Crippen LogP contribution in [0.4, 0.5) is 0 Å². The summed E-state index contributed by atoms with van der Waals surface area (Å²) in [6.07, 6.45) is 4.58. The second kappa shape index (κ2) is 6.24. The molecule has 1 saturated carbocycles. The van der Waals surface area contributed by atoms with E-state index >= 15 is 0 Å². The molecule has 1 fully saturated rings. The Labute approximate surface area is 99.4 Å². The van der Waals surface area contributed by atoms with Crippen molar-refractivity contribution in [1.82, 2.24) is 4.90 Å². The van der Waals surface area contributed by atoms with Crippen LogP contribution >= 0.6 is 0 Å². The molecule has 2 atom stereocenters. The number of nitrogens with two attached hydrogens (primary N) is 1. The molecule has 1 aliphatic carbocycles. The minimum Gasteiger partial charge on any atom is -0.345 e. The lowest BCUT2D eigenvalue weighted by molar-refractivity contribution is -0.137. The van der Waals surface area contributed by atoms with Crippen LogP contribution in [0.5, 0.6) is 0 Å². The average Bonchev–Trinajstić information content (AvgIpc) is 2.27. The van der Waals surface area contributed by atoms with Gasteiger partial charge in [-0.15, -0.1) is 0 Å². The van der Waals surface area contributed by atoms with E-state index in [4.69, 9.17) is 5.73 Å². The zero-order chi connectivity index (χ0) is 12.1. The zero-order valence-corrected chi connectivity index (χ0v) is 10.9. The van der Waals surface area contributed by atoms with E-state index in [1.807, 2.05) is 11.9 Å².